The molecule has 1 unspecified atom stereocenters. The summed E-state index contributed by atoms with van der Waals surface area (Å²) in [5.74, 6) is 1.94. The van der Waals surface area contributed by atoms with Gasteiger partial charge in [-0.3, -0.25) is 4.79 Å². The van der Waals surface area contributed by atoms with Gasteiger partial charge in [0.25, 0.3) is 0 Å². The molecule has 0 saturated carbocycles. The maximum atomic E-state index is 13.0. The summed E-state index contributed by atoms with van der Waals surface area (Å²) in [7, 11) is 3.71. The van der Waals surface area contributed by atoms with E-state index in [0.717, 1.165) is 24.1 Å². The minimum Gasteiger partial charge on any atom is -0.492 e. The van der Waals surface area contributed by atoms with Crippen LogP contribution < -0.4 is 19.1 Å². The first-order valence-electron chi connectivity index (χ1n) is 8.79. The van der Waals surface area contributed by atoms with Gasteiger partial charge in [0.05, 0.1) is 37.7 Å². The number of likely N-dealkylation sites (N-methyl/N-ethyl adjacent to an activating group) is 1. The molecular weight excluding hydrogens is 389 g/mol. The molecule has 2 atom stereocenters. The van der Waals surface area contributed by atoms with Crippen LogP contribution in [0.3, 0.4) is 0 Å². The number of Topliss-reactive ketones (excluding diaryl/α,β-unsaturated/α-hetero) is 1. The Morgan fingerprint density at radius 3 is 2.89 bits per heavy atom. The van der Waals surface area contributed by atoms with Gasteiger partial charge in [0.15, 0.2) is 17.3 Å². The summed E-state index contributed by atoms with van der Waals surface area (Å²) >= 11 is 12.3. The van der Waals surface area contributed by atoms with E-state index in [-0.39, 0.29) is 18.6 Å². The second-order valence-corrected chi connectivity index (χ2v) is 7.71. The molecule has 0 saturated heterocycles. The molecule has 0 fully saturated rings. The van der Waals surface area contributed by atoms with E-state index < -0.39 is 0 Å². The number of carbonyl (C=O) groups excluding carboxylic acids is 1. The molecule has 4 rings (SSSR count). The number of hydrogen-bond donors (Lipinski definition) is 1. The van der Waals surface area contributed by atoms with Crippen LogP contribution in [-0.4, -0.2) is 33.3 Å². The molecule has 0 spiro atoms. The van der Waals surface area contributed by atoms with Gasteiger partial charge in [-0.1, -0.05) is 23.2 Å². The number of methoxy groups -OCH3 is 1. The molecule has 0 amide bonds. The summed E-state index contributed by atoms with van der Waals surface area (Å²) in [6.45, 7) is 1.09. The Labute approximate surface area is 167 Å². The summed E-state index contributed by atoms with van der Waals surface area (Å²) in [5, 5.41) is 0.907. The van der Waals surface area contributed by atoms with Gasteiger partial charge in [0.2, 0.25) is 12.5 Å². The number of halogens is 2. The molecule has 7 heteroatoms. The zero-order valence-electron chi connectivity index (χ0n) is 15.1. The third kappa shape index (κ3) is 3.24. The summed E-state index contributed by atoms with van der Waals surface area (Å²) in [6.07, 6.45) is 1.19. The van der Waals surface area contributed by atoms with E-state index in [1.165, 1.54) is 4.90 Å². The molecule has 1 N–H and O–H groups in total. The van der Waals surface area contributed by atoms with Crippen LogP contribution in [-0.2, 0) is 6.42 Å². The average Bonchev–Trinajstić information content (AvgIpc) is 3.12. The molecule has 2 aromatic rings. The molecule has 5 nitrogen and oxygen atoms in total. The lowest BCUT2D eigenvalue weighted by atomic mass is 9.87. The van der Waals surface area contributed by atoms with Crippen LogP contribution in [0, 0.1) is 0 Å². The molecule has 27 heavy (non-hydrogen) atoms. The third-order valence-corrected chi connectivity index (χ3v) is 5.86. The smallest absolute Gasteiger partial charge is 0.231 e. The Balaban J connectivity index is 1.74. The van der Waals surface area contributed by atoms with Crippen molar-refractivity contribution in [1.82, 2.24) is 0 Å². The van der Waals surface area contributed by atoms with E-state index in [4.69, 9.17) is 37.4 Å². The van der Waals surface area contributed by atoms with Gasteiger partial charge in [0, 0.05) is 17.0 Å². The number of nitrogens with one attached hydrogen (secondary N) is 1. The number of fused-ring (bicyclic) bond motifs is 2. The van der Waals surface area contributed by atoms with Crippen LogP contribution in [0.4, 0.5) is 0 Å². The van der Waals surface area contributed by atoms with E-state index in [9.17, 15) is 4.79 Å². The Morgan fingerprint density at radius 2 is 2.11 bits per heavy atom. The summed E-state index contributed by atoms with van der Waals surface area (Å²) in [4.78, 5) is 14.3. The predicted molar refractivity (Wildman–Crippen MR) is 103 cm³/mol. The quantitative estimate of drug-likeness (QED) is 0.789. The van der Waals surface area contributed by atoms with Gasteiger partial charge in [-0.05, 0) is 29.8 Å². The highest BCUT2D eigenvalue weighted by molar-refractivity contribution is 6.35. The first-order valence-corrected chi connectivity index (χ1v) is 9.55. The number of hydrogen-bond acceptors (Lipinski definition) is 4. The fourth-order valence-electron chi connectivity index (χ4n) is 3.90. The Bertz CT molecular complexity index is 915. The first-order chi connectivity index (χ1) is 13.0. The number of benzene rings is 2. The molecule has 0 radical (unpaired) electrons. The van der Waals surface area contributed by atoms with Crippen molar-refractivity contribution < 1.29 is 23.9 Å². The van der Waals surface area contributed by atoms with Crippen LogP contribution in [0.25, 0.3) is 0 Å². The molecular formula is C20H20Cl2NO4+. The van der Waals surface area contributed by atoms with E-state index in [0.29, 0.717) is 39.3 Å². The second kappa shape index (κ2) is 7.23. The second-order valence-electron chi connectivity index (χ2n) is 6.87. The van der Waals surface area contributed by atoms with E-state index in [1.54, 1.807) is 25.3 Å². The van der Waals surface area contributed by atoms with Gasteiger partial charge in [0.1, 0.15) is 6.04 Å². The summed E-state index contributed by atoms with van der Waals surface area (Å²) in [5.41, 5.74) is 2.59. The largest absolute Gasteiger partial charge is 0.492 e. The van der Waals surface area contributed by atoms with E-state index >= 15 is 0 Å². The topological polar surface area (TPSA) is 49.2 Å². The fraction of sp³-hybridized carbons (Fsp3) is 0.350. The minimum atomic E-state index is -0.0688. The van der Waals surface area contributed by atoms with Crippen LogP contribution in [0.2, 0.25) is 10.0 Å². The van der Waals surface area contributed by atoms with Crippen molar-refractivity contribution in [2.45, 2.75) is 18.9 Å². The predicted octanol–water partition coefficient (Wildman–Crippen LogP) is 3.12. The van der Waals surface area contributed by atoms with Crippen molar-refractivity contribution in [2.24, 2.45) is 0 Å². The van der Waals surface area contributed by atoms with Gasteiger partial charge in [-0.2, -0.15) is 0 Å². The summed E-state index contributed by atoms with van der Waals surface area (Å²) < 4.78 is 16.8. The first kappa shape index (κ1) is 18.4. The SMILES string of the molecule is COc1c2c(cc3c1[C@@H](CC(=O)c1cc(Cl)ccc1Cl)[NH+](C)CC3)OCO2. The van der Waals surface area contributed by atoms with Gasteiger partial charge >= 0.3 is 0 Å². The molecule has 2 aliphatic heterocycles. The molecule has 0 bridgehead atoms. The van der Waals surface area contributed by atoms with Crippen LogP contribution in [0.15, 0.2) is 24.3 Å². The summed E-state index contributed by atoms with van der Waals surface area (Å²) in [6, 6.07) is 6.90. The monoisotopic (exact) mass is 408 g/mol. The van der Waals surface area contributed by atoms with Crippen LogP contribution >= 0.6 is 23.2 Å². The van der Waals surface area contributed by atoms with Crippen molar-refractivity contribution in [1.29, 1.82) is 0 Å². The zero-order chi connectivity index (χ0) is 19.1. The van der Waals surface area contributed by atoms with E-state index in [1.807, 2.05) is 6.07 Å². The highest BCUT2D eigenvalue weighted by Crippen LogP contribution is 2.48. The van der Waals surface area contributed by atoms with Crippen molar-refractivity contribution in [3.8, 4) is 17.2 Å². The molecule has 0 aromatic heterocycles. The number of quaternary nitrogens is 1. The number of rotatable bonds is 4. The number of ether oxygens (including phenoxy) is 3. The lowest BCUT2D eigenvalue weighted by Crippen LogP contribution is -3.10. The molecule has 0 aliphatic carbocycles. The van der Waals surface area contributed by atoms with Crippen molar-refractivity contribution >= 4 is 29.0 Å². The molecule has 2 heterocycles. The Hall–Kier alpha value is -1.95. The maximum absolute atomic E-state index is 13.0. The van der Waals surface area contributed by atoms with Gasteiger partial charge in [-0.25, -0.2) is 0 Å². The van der Waals surface area contributed by atoms with Crippen molar-refractivity contribution in [3.05, 3.63) is 51.0 Å². The highest BCUT2D eigenvalue weighted by Gasteiger charge is 2.37. The van der Waals surface area contributed by atoms with Crippen LogP contribution in [0.5, 0.6) is 17.2 Å². The lowest BCUT2D eigenvalue weighted by Gasteiger charge is -2.32. The minimum absolute atomic E-state index is 0.0422. The fourth-order valence-corrected chi connectivity index (χ4v) is 4.30. The number of carbonyl (C=O) groups is 1. The maximum Gasteiger partial charge on any atom is 0.231 e. The standard InChI is InChI=1S/C20H19Cl2NO4/c1-23-6-5-11-7-17-19(27-10-26-17)20(25-2)18(11)15(23)9-16(24)13-8-12(21)3-4-14(13)22/h3-4,7-8,15H,5-6,9-10H2,1-2H3/p+1/t15-/m1/s1. The van der Waals surface area contributed by atoms with Gasteiger partial charge < -0.3 is 19.1 Å². The van der Waals surface area contributed by atoms with E-state index in [2.05, 4.69) is 7.05 Å². The Morgan fingerprint density at radius 1 is 1.30 bits per heavy atom. The molecule has 2 aliphatic rings. The lowest BCUT2D eigenvalue weighted by molar-refractivity contribution is -0.913. The highest BCUT2D eigenvalue weighted by atomic mass is 35.5. The average molecular weight is 409 g/mol. The molecule has 142 valence electrons. The Kier molecular flexibility index (Phi) is 4.93. The van der Waals surface area contributed by atoms with Crippen molar-refractivity contribution in [3.63, 3.8) is 0 Å². The van der Waals surface area contributed by atoms with Crippen molar-refractivity contribution in [2.75, 3.05) is 27.5 Å². The normalized spacial score (nSPS) is 20.3. The van der Waals surface area contributed by atoms with Gasteiger partial charge in [-0.15, -0.1) is 0 Å². The van der Waals surface area contributed by atoms with Crippen LogP contribution in [0.1, 0.15) is 33.9 Å². The number of ketones is 1. The zero-order valence-corrected chi connectivity index (χ0v) is 16.6. The third-order valence-electron chi connectivity index (χ3n) is 5.30. The molecule has 2 aromatic carbocycles.